The van der Waals surface area contributed by atoms with Crippen LogP contribution in [0.3, 0.4) is 0 Å². The molecule has 1 rings (SSSR count). The first-order valence-corrected chi connectivity index (χ1v) is 5.84. The minimum Gasteiger partial charge on any atom is -0.466 e. The maximum atomic E-state index is 11.1. The van der Waals surface area contributed by atoms with E-state index in [4.69, 9.17) is 0 Å². The summed E-state index contributed by atoms with van der Waals surface area (Å²) in [5, 5.41) is 0. The Morgan fingerprint density at radius 1 is 1.29 bits per heavy atom. The van der Waals surface area contributed by atoms with E-state index < -0.39 is 0 Å². The first kappa shape index (κ1) is 13.5. The molecule has 17 heavy (non-hydrogen) atoms. The number of esters is 1. The van der Waals surface area contributed by atoms with Crippen molar-refractivity contribution in [2.75, 3.05) is 7.11 Å². The van der Waals surface area contributed by atoms with Crippen LogP contribution in [0.4, 0.5) is 0 Å². The quantitative estimate of drug-likeness (QED) is 0.588. The number of methoxy groups -OCH3 is 1. The number of carbonyl (C=O) groups excluding carboxylic acids is 1. The van der Waals surface area contributed by atoms with Gasteiger partial charge in [-0.1, -0.05) is 23.8 Å². The number of hydrogen-bond acceptors (Lipinski definition) is 2. The fourth-order valence-corrected chi connectivity index (χ4v) is 1.90. The molecule has 92 valence electrons. The van der Waals surface area contributed by atoms with Crippen molar-refractivity contribution in [1.29, 1.82) is 0 Å². The second kappa shape index (κ2) is 6.24. The zero-order valence-corrected chi connectivity index (χ0v) is 11.0. The van der Waals surface area contributed by atoms with E-state index in [0.29, 0.717) is 0 Å². The van der Waals surface area contributed by atoms with Gasteiger partial charge in [-0.25, -0.2) is 4.79 Å². The fraction of sp³-hybridized carbons (Fsp3) is 0.400. The van der Waals surface area contributed by atoms with Crippen LogP contribution < -0.4 is 0 Å². The highest BCUT2D eigenvalue weighted by Crippen LogP contribution is 2.17. The van der Waals surface area contributed by atoms with Crippen molar-refractivity contribution in [3.63, 3.8) is 0 Å². The van der Waals surface area contributed by atoms with Gasteiger partial charge in [0, 0.05) is 6.08 Å². The van der Waals surface area contributed by atoms with Crippen LogP contribution in [0.1, 0.15) is 30.0 Å². The lowest BCUT2D eigenvalue weighted by Crippen LogP contribution is -1.98. The third-order valence-electron chi connectivity index (χ3n) is 2.98. The molecule has 0 saturated carbocycles. The lowest BCUT2D eigenvalue weighted by Gasteiger charge is -2.09. The molecule has 0 aliphatic heterocycles. The van der Waals surface area contributed by atoms with Crippen molar-refractivity contribution in [3.05, 3.63) is 46.5 Å². The first-order valence-electron chi connectivity index (χ1n) is 5.84. The number of rotatable bonds is 4. The largest absolute Gasteiger partial charge is 0.466 e. The van der Waals surface area contributed by atoms with Gasteiger partial charge in [-0.3, -0.25) is 0 Å². The topological polar surface area (TPSA) is 26.3 Å². The zero-order valence-electron chi connectivity index (χ0n) is 11.0. The summed E-state index contributed by atoms with van der Waals surface area (Å²) in [6.45, 7) is 6.22. The zero-order chi connectivity index (χ0) is 12.8. The molecule has 0 N–H and O–H groups in total. The molecule has 0 unspecified atom stereocenters. The molecule has 1 aromatic rings. The Labute approximate surface area is 103 Å². The Bertz CT molecular complexity index is 410. The first-order chi connectivity index (χ1) is 8.04. The molecule has 0 spiro atoms. The molecule has 0 aliphatic rings. The van der Waals surface area contributed by atoms with E-state index in [2.05, 4.69) is 36.8 Å². The average molecular weight is 232 g/mol. The molecule has 0 radical (unpaired) electrons. The van der Waals surface area contributed by atoms with Gasteiger partial charge in [0.05, 0.1) is 7.11 Å². The van der Waals surface area contributed by atoms with Crippen LogP contribution in [0.5, 0.6) is 0 Å². The van der Waals surface area contributed by atoms with Gasteiger partial charge in [0.2, 0.25) is 0 Å². The van der Waals surface area contributed by atoms with E-state index in [-0.39, 0.29) is 5.97 Å². The lowest BCUT2D eigenvalue weighted by molar-refractivity contribution is -0.134. The lowest BCUT2D eigenvalue weighted by atomic mass is 9.97. The third-order valence-corrected chi connectivity index (χ3v) is 2.98. The molecule has 1 aromatic carbocycles. The average Bonchev–Trinajstić information content (AvgIpc) is 2.28. The van der Waals surface area contributed by atoms with Crippen molar-refractivity contribution < 1.29 is 9.53 Å². The summed E-state index contributed by atoms with van der Waals surface area (Å²) < 4.78 is 4.61. The van der Waals surface area contributed by atoms with Gasteiger partial charge >= 0.3 is 5.97 Å². The summed E-state index contributed by atoms with van der Waals surface area (Å²) in [5.74, 6) is -0.274. The Kier molecular flexibility index (Phi) is 4.95. The molecule has 0 heterocycles. The van der Waals surface area contributed by atoms with Crippen LogP contribution in [0.25, 0.3) is 0 Å². The molecular weight excluding hydrogens is 212 g/mol. The van der Waals surface area contributed by atoms with Crippen LogP contribution in [0.2, 0.25) is 0 Å². The maximum Gasteiger partial charge on any atom is 0.330 e. The molecular formula is C15H20O2. The number of benzene rings is 1. The van der Waals surface area contributed by atoms with Crippen molar-refractivity contribution in [2.24, 2.45) is 0 Å². The number of hydrogen-bond donors (Lipinski definition) is 0. The Morgan fingerprint density at radius 3 is 2.41 bits per heavy atom. The van der Waals surface area contributed by atoms with E-state index in [1.54, 1.807) is 6.08 Å². The Hall–Kier alpha value is -1.57. The van der Waals surface area contributed by atoms with Crippen LogP contribution in [-0.2, 0) is 16.0 Å². The van der Waals surface area contributed by atoms with Crippen LogP contribution in [0.15, 0.2) is 29.8 Å². The molecule has 0 aliphatic carbocycles. The Balaban J connectivity index is 2.68. The predicted octanol–water partition coefficient (Wildman–Crippen LogP) is 3.36. The molecule has 0 bridgehead atoms. The second-order valence-electron chi connectivity index (χ2n) is 4.38. The monoisotopic (exact) mass is 232 g/mol. The van der Waals surface area contributed by atoms with Crippen LogP contribution in [0, 0.1) is 13.8 Å². The molecule has 2 heteroatoms. The summed E-state index contributed by atoms with van der Waals surface area (Å²) in [6, 6.07) is 6.33. The maximum absolute atomic E-state index is 11.1. The SMILES string of the molecule is COC(=O)C=C(C)CCc1c(C)cccc1C. The summed E-state index contributed by atoms with van der Waals surface area (Å²) in [6.07, 6.45) is 3.42. The number of aryl methyl sites for hydroxylation is 2. The number of carbonyl (C=O) groups is 1. The number of allylic oxidation sites excluding steroid dienone is 1. The highest BCUT2D eigenvalue weighted by Gasteiger charge is 2.03. The van der Waals surface area contributed by atoms with Gasteiger partial charge in [0.1, 0.15) is 0 Å². The predicted molar refractivity (Wildman–Crippen MR) is 70.0 cm³/mol. The van der Waals surface area contributed by atoms with Gasteiger partial charge in [0.25, 0.3) is 0 Å². The minimum absolute atomic E-state index is 0.274. The van der Waals surface area contributed by atoms with Crippen molar-refractivity contribution in [1.82, 2.24) is 0 Å². The molecule has 0 atom stereocenters. The highest BCUT2D eigenvalue weighted by molar-refractivity contribution is 5.82. The number of ether oxygens (including phenoxy) is 1. The molecule has 2 nitrogen and oxygen atoms in total. The third kappa shape index (κ3) is 4.06. The highest BCUT2D eigenvalue weighted by atomic mass is 16.5. The van der Waals surface area contributed by atoms with E-state index in [9.17, 15) is 4.79 Å². The van der Waals surface area contributed by atoms with E-state index >= 15 is 0 Å². The van der Waals surface area contributed by atoms with Crippen molar-refractivity contribution in [3.8, 4) is 0 Å². The Morgan fingerprint density at radius 2 is 1.88 bits per heavy atom. The van der Waals surface area contributed by atoms with Crippen molar-refractivity contribution >= 4 is 5.97 Å². The molecule has 0 aromatic heterocycles. The standard InChI is InChI=1S/C15H20O2/c1-11(10-15(16)17-4)8-9-14-12(2)6-5-7-13(14)3/h5-7,10H,8-9H2,1-4H3. The minimum atomic E-state index is -0.274. The molecule has 0 fully saturated rings. The van der Waals surface area contributed by atoms with Gasteiger partial charge in [0.15, 0.2) is 0 Å². The van der Waals surface area contributed by atoms with Gasteiger partial charge in [-0.15, -0.1) is 0 Å². The normalized spacial score (nSPS) is 11.4. The van der Waals surface area contributed by atoms with Gasteiger partial charge in [-0.2, -0.15) is 0 Å². The van der Waals surface area contributed by atoms with E-state index in [1.807, 2.05) is 6.92 Å². The summed E-state index contributed by atoms with van der Waals surface area (Å²) in [5.41, 5.74) is 5.07. The summed E-state index contributed by atoms with van der Waals surface area (Å²) in [7, 11) is 1.40. The van der Waals surface area contributed by atoms with Crippen LogP contribution in [-0.4, -0.2) is 13.1 Å². The summed E-state index contributed by atoms with van der Waals surface area (Å²) in [4.78, 5) is 11.1. The van der Waals surface area contributed by atoms with Crippen molar-refractivity contribution in [2.45, 2.75) is 33.6 Å². The fourth-order valence-electron chi connectivity index (χ4n) is 1.90. The second-order valence-corrected chi connectivity index (χ2v) is 4.38. The van der Waals surface area contributed by atoms with Gasteiger partial charge < -0.3 is 4.74 Å². The smallest absolute Gasteiger partial charge is 0.330 e. The van der Waals surface area contributed by atoms with E-state index in [1.165, 1.54) is 23.8 Å². The van der Waals surface area contributed by atoms with Crippen LogP contribution >= 0.6 is 0 Å². The molecule has 0 amide bonds. The van der Waals surface area contributed by atoms with E-state index in [0.717, 1.165) is 18.4 Å². The van der Waals surface area contributed by atoms with Gasteiger partial charge in [-0.05, 0) is 50.3 Å². The molecule has 0 saturated heterocycles. The summed E-state index contributed by atoms with van der Waals surface area (Å²) >= 11 is 0.